The monoisotopic (exact) mass is 412 g/mol. The minimum Gasteiger partial charge on any atom is -0.493 e. The zero-order valence-electron chi connectivity index (χ0n) is 15.2. The lowest BCUT2D eigenvalue weighted by molar-refractivity contribution is 0.0954. The third-order valence-corrected chi connectivity index (χ3v) is 5.65. The zero-order chi connectivity index (χ0) is 20.0. The number of carbonyl (C=O) groups excluding carboxylic acids is 1. The second kappa shape index (κ2) is 9.07. The summed E-state index contributed by atoms with van der Waals surface area (Å²) in [5.41, 5.74) is 1.05. The van der Waals surface area contributed by atoms with Crippen molar-refractivity contribution in [2.45, 2.75) is 11.3 Å². The number of hydrogen-bond acceptors (Lipinski definition) is 5. The maximum atomic E-state index is 12.4. The van der Waals surface area contributed by atoms with Crippen molar-refractivity contribution in [3.8, 4) is 11.5 Å². The first-order chi connectivity index (χ1) is 12.8. The van der Waals surface area contributed by atoms with Gasteiger partial charge in [0.25, 0.3) is 5.91 Å². The highest BCUT2D eigenvalue weighted by Gasteiger charge is 2.17. The molecule has 9 heteroatoms. The van der Waals surface area contributed by atoms with Crippen LogP contribution < -0.4 is 19.5 Å². The molecule has 0 saturated carbocycles. The maximum absolute atomic E-state index is 12.4. The van der Waals surface area contributed by atoms with Crippen LogP contribution >= 0.6 is 11.6 Å². The van der Waals surface area contributed by atoms with Crippen molar-refractivity contribution in [2.75, 3.05) is 27.8 Å². The third-order valence-electron chi connectivity index (χ3n) is 3.91. The van der Waals surface area contributed by atoms with E-state index in [-0.39, 0.29) is 15.5 Å². The molecule has 0 aliphatic rings. The van der Waals surface area contributed by atoms with Crippen LogP contribution in [-0.2, 0) is 16.4 Å². The summed E-state index contributed by atoms with van der Waals surface area (Å²) < 4.78 is 36.4. The molecule has 2 rings (SSSR count). The third kappa shape index (κ3) is 5.12. The molecule has 2 N–H and O–H groups in total. The average molecular weight is 413 g/mol. The molecule has 0 aliphatic heterocycles. The lowest BCUT2D eigenvalue weighted by Crippen LogP contribution is -2.26. The van der Waals surface area contributed by atoms with Gasteiger partial charge in [-0.1, -0.05) is 17.7 Å². The van der Waals surface area contributed by atoms with Crippen LogP contribution in [0.5, 0.6) is 11.5 Å². The van der Waals surface area contributed by atoms with E-state index < -0.39 is 15.9 Å². The smallest absolute Gasteiger partial charge is 0.252 e. The number of sulfonamides is 1. The van der Waals surface area contributed by atoms with E-state index in [0.29, 0.717) is 24.5 Å². The number of halogens is 1. The number of methoxy groups -OCH3 is 2. The van der Waals surface area contributed by atoms with E-state index in [4.69, 9.17) is 21.1 Å². The molecular formula is C18H21ClN2O5S. The van der Waals surface area contributed by atoms with Gasteiger partial charge in [-0.15, -0.1) is 0 Å². The Labute approximate surface area is 163 Å². The van der Waals surface area contributed by atoms with Crippen LogP contribution in [0.1, 0.15) is 15.9 Å². The molecule has 0 saturated heterocycles. The van der Waals surface area contributed by atoms with Gasteiger partial charge in [-0.3, -0.25) is 4.79 Å². The highest BCUT2D eigenvalue weighted by atomic mass is 35.5. The van der Waals surface area contributed by atoms with Crippen LogP contribution in [0.4, 0.5) is 0 Å². The molecule has 0 bridgehead atoms. The van der Waals surface area contributed by atoms with Gasteiger partial charge in [0.15, 0.2) is 11.5 Å². The molecule has 0 aromatic heterocycles. The highest BCUT2D eigenvalue weighted by molar-refractivity contribution is 7.89. The molecule has 0 atom stereocenters. The molecule has 0 fully saturated rings. The number of ether oxygens (including phenoxy) is 2. The first-order valence-electron chi connectivity index (χ1n) is 8.04. The lowest BCUT2D eigenvalue weighted by Gasteiger charge is -2.11. The number of benzene rings is 2. The Morgan fingerprint density at radius 3 is 2.41 bits per heavy atom. The lowest BCUT2D eigenvalue weighted by atomic mass is 10.1. The van der Waals surface area contributed by atoms with Crippen molar-refractivity contribution in [3.05, 3.63) is 52.5 Å². The van der Waals surface area contributed by atoms with Crippen molar-refractivity contribution in [1.82, 2.24) is 10.0 Å². The normalized spacial score (nSPS) is 11.1. The van der Waals surface area contributed by atoms with Gasteiger partial charge in [0.05, 0.1) is 29.7 Å². The van der Waals surface area contributed by atoms with Gasteiger partial charge in [-0.25, -0.2) is 13.1 Å². The first-order valence-corrected chi connectivity index (χ1v) is 9.90. The van der Waals surface area contributed by atoms with E-state index in [1.165, 1.54) is 25.2 Å². The summed E-state index contributed by atoms with van der Waals surface area (Å²) in [4.78, 5) is 12.4. The summed E-state index contributed by atoms with van der Waals surface area (Å²) in [5, 5.41) is 2.92. The van der Waals surface area contributed by atoms with E-state index in [1.54, 1.807) is 20.3 Å². The molecule has 1 amide bonds. The molecule has 2 aromatic rings. The molecule has 27 heavy (non-hydrogen) atoms. The topological polar surface area (TPSA) is 93.7 Å². The fourth-order valence-electron chi connectivity index (χ4n) is 2.42. The molecule has 2 aromatic carbocycles. The Bertz CT molecular complexity index is 931. The SMILES string of the molecule is CNS(=O)(=O)c1ccc(Cl)c(C(=O)NCCc2ccc(OC)c(OC)c2)c1. The van der Waals surface area contributed by atoms with Gasteiger partial charge in [0.1, 0.15) is 0 Å². The summed E-state index contributed by atoms with van der Waals surface area (Å²) in [7, 11) is 0.748. The van der Waals surface area contributed by atoms with Crippen molar-refractivity contribution in [3.63, 3.8) is 0 Å². The van der Waals surface area contributed by atoms with Gasteiger partial charge in [-0.05, 0) is 49.4 Å². The van der Waals surface area contributed by atoms with E-state index >= 15 is 0 Å². The Morgan fingerprint density at radius 2 is 1.78 bits per heavy atom. The number of rotatable bonds is 8. The summed E-state index contributed by atoms with van der Waals surface area (Å²) in [5.74, 6) is 0.780. The molecule has 0 unspecified atom stereocenters. The van der Waals surface area contributed by atoms with Gasteiger partial charge in [-0.2, -0.15) is 0 Å². The minimum absolute atomic E-state index is 0.0283. The van der Waals surface area contributed by atoms with E-state index in [2.05, 4.69) is 10.0 Å². The molecule has 0 radical (unpaired) electrons. The van der Waals surface area contributed by atoms with E-state index in [0.717, 1.165) is 5.56 Å². The fourth-order valence-corrected chi connectivity index (χ4v) is 3.37. The highest BCUT2D eigenvalue weighted by Crippen LogP contribution is 2.27. The standard InChI is InChI=1S/C18H21ClN2O5S/c1-20-27(23,24)13-5-6-15(19)14(11-13)18(22)21-9-8-12-4-7-16(25-2)17(10-12)26-3/h4-7,10-11,20H,8-9H2,1-3H3,(H,21,22). The largest absolute Gasteiger partial charge is 0.493 e. The molecular weight excluding hydrogens is 392 g/mol. The van der Waals surface area contributed by atoms with Gasteiger partial charge in [0.2, 0.25) is 10.0 Å². The summed E-state index contributed by atoms with van der Waals surface area (Å²) >= 11 is 6.05. The van der Waals surface area contributed by atoms with Crippen LogP contribution in [0, 0.1) is 0 Å². The molecule has 146 valence electrons. The quantitative estimate of drug-likeness (QED) is 0.693. The number of carbonyl (C=O) groups is 1. The Morgan fingerprint density at radius 1 is 1.07 bits per heavy atom. The number of amides is 1. The Kier molecular flexibility index (Phi) is 7.06. The fraction of sp³-hybridized carbons (Fsp3) is 0.278. The minimum atomic E-state index is -3.66. The van der Waals surface area contributed by atoms with E-state index in [1.807, 2.05) is 12.1 Å². The maximum Gasteiger partial charge on any atom is 0.252 e. The average Bonchev–Trinajstić information content (AvgIpc) is 2.67. The molecule has 0 aliphatic carbocycles. The van der Waals surface area contributed by atoms with E-state index in [9.17, 15) is 13.2 Å². The molecule has 7 nitrogen and oxygen atoms in total. The number of hydrogen-bond donors (Lipinski definition) is 2. The summed E-state index contributed by atoms with van der Waals surface area (Å²) in [6.07, 6.45) is 0.554. The second-order valence-electron chi connectivity index (χ2n) is 5.54. The van der Waals surface area contributed by atoms with Crippen LogP contribution in [-0.4, -0.2) is 42.1 Å². The summed E-state index contributed by atoms with van der Waals surface area (Å²) in [6, 6.07) is 9.47. The zero-order valence-corrected chi connectivity index (χ0v) is 16.8. The summed E-state index contributed by atoms with van der Waals surface area (Å²) in [6.45, 7) is 0.341. The predicted octanol–water partition coefficient (Wildman–Crippen LogP) is 2.24. The van der Waals surface area contributed by atoms with Crippen molar-refractivity contribution >= 4 is 27.5 Å². The van der Waals surface area contributed by atoms with Gasteiger partial charge in [0, 0.05) is 6.54 Å². The van der Waals surface area contributed by atoms with Crippen LogP contribution in [0.25, 0.3) is 0 Å². The second-order valence-corrected chi connectivity index (χ2v) is 7.84. The van der Waals surface area contributed by atoms with Crippen molar-refractivity contribution < 1.29 is 22.7 Å². The molecule has 0 heterocycles. The van der Waals surface area contributed by atoms with Crippen molar-refractivity contribution in [1.29, 1.82) is 0 Å². The predicted molar refractivity (Wildman–Crippen MR) is 103 cm³/mol. The van der Waals surface area contributed by atoms with Crippen LogP contribution in [0.2, 0.25) is 5.02 Å². The molecule has 0 spiro atoms. The number of nitrogens with one attached hydrogen (secondary N) is 2. The van der Waals surface area contributed by atoms with Crippen molar-refractivity contribution in [2.24, 2.45) is 0 Å². The van der Waals surface area contributed by atoms with Gasteiger partial charge >= 0.3 is 0 Å². The van der Waals surface area contributed by atoms with Crippen LogP contribution in [0.15, 0.2) is 41.3 Å². The first kappa shape index (κ1) is 21.0. The van der Waals surface area contributed by atoms with Gasteiger partial charge < -0.3 is 14.8 Å². The van der Waals surface area contributed by atoms with Crippen LogP contribution in [0.3, 0.4) is 0 Å². The Hall–Kier alpha value is -2.29. The Balaban J connectivity index is 2.07.